The van der Waals surface area contributed by atoms with Crippen LogP contribution in [-0.2, 0) is 22.7 Å². The van der Waals surface area contributed by atoms with Crippen LogP contribution in [0.5, 0.6) is 0 Å². The van der Waals surface area contributed by atoms with Crippen LogP contribution < -0.4 is 0 Å². The van der Waals surface area contributed by atoms with Crippen molar-refractivity contribution in [1.29, 1.82) is 0 Å². The smallest absolute Gasteiger partial charge is 0.206 e. The summed E-state index contributed by atoms with van der Waals surface area (Å²) in [6.07, 6.45) is 5.21. The molecule has 0 atom stereocenters. The zero-order valence-electron chi connectivity index (χ0n) is 15.6. The number of H-pyrrole nitrogens is 1. The molecule has 0 aliphatic heterocycles. The Morgan fingerprint density at radius 3 is 1.82 bits per heavy atom. The maximum Gasteiger partial charge on any atom is 0.206 e. The van der Waals surface area contributed by atoms with E-state index in [1.165, 1.54) is 42.3 Å². The van der Waals surface area contributed by atoms with Crippen LogP contribution in [0.25, 0.3) is 10.9 Å². The lowest BCUT2D eigenvalue weighted by Gasteiger charge is -2.10. The summed E-state index contributed by atoms with van der Waals surface area (Å²) < 4.78 is 24.1. The van der Waals surface area contributed by atoms with E-state index in [9.17, 15) is 8.42 Å². The molecule has 0 unspecified atom stereocenters. The number of aromatic nitrogens is 1. The molecule has 28 heavy (non-hydrogen) atoms. The van der Waals surface area contributed by atoms with Crippen molar-refractivity contribution in [3.8, 4) is 0 Å². The molecule has 3 nitrogen and oxygen atoms in total. The Bertz CT molecular complexity index is 1120. The minimum atomic E-state index is -3.34. The first-order chi connectivity index (χ1) is 13.7. The molecule has 0 spiro atoms. The van der Waals surface area contributed by atoms with Gasteiger partial charge in [-0.2, -0.15) is 0 Å². The molecule has 142 valence electrons. The van der Waals surface area contributed by atoms with Gasteiger partial charge in [-0.1, -0.05) is 54.6 Å². The Hall–Kier alpha value is -2.85. The lowest BCUT2D eigenvalue weighted by Crippen LogP contribution is -2.00. The van der Waals surface area contributed by atoms with Gasteiger partial charge in [0.2, 0.25) is 9.84 Å². The van der Waals surface area contributed by atoms with Gasteiger partial charge in [-0.25, -0.2) is 8.42 Å². The van der Waals surface area contributed by atoms with Crippen molar-refractivity contribution in [3.63, 3.8) is 0 Å². The Morgan fingerprint density at radius 1 is 0.643 bits per heavy atom. The monoisotopic (exact) mass is 389 g/mol. The summed E-state index contributed by atoms with van der Waals surface area (Å²) >= 11 is 0. The van der Waals surface area contributed by atoms with Crippen LogP contribution in [0.15, 0.2) is 94.7 Å². The van der Waals surface area contributed by atoms with Gasteiger partial charge in [-0.15, -0.1) is 0 Å². The second-order valence-corrected chi connectivity index (χ2v) is 8.91. The third kappa shape index (κ3) is 3.73. The molecule has 3 aromatic carbocycles. The van der Waals surface area contributed by atoms with Crippen LogP contribution in [-0.4, -0.2) is 13.4 Å². The van der Waals surface area contributed by atoms with Crippen molar-refractivity contribution < 1.29 is 8.42 Å². The number of rotatable bonds is 2. The van der Waals surface area contributed by atoms with Crippen LogP contribution in [0.1, 0.15) is 24.1 Å². The summed E-state index contributed by atoms with van der Waals surface area (Å²) in [5.74, 6) is 0. The highest BCUT2D eigenvalue weighted by atomic mass is 32.2. The lowest BCUT2D eigenvalue weighted by molar-refractivity contribution is 0.596. The van der Waals surface area contributed by atoms with E-state index in [1.54, 1.807) is 66.2 Å². The van der Waals surface area contributed by atoms with E-state index in [1.807, 2.05) is 0 Å². The van der Waals surface area contributed by atoms with E-state index in [0.717, 1.165) is 0 Å². The van der Waals surface area contributed by atoms with Gasteiger partial charge in [0.15, 0.2) is 0 Å². The summed E-state index contributed by atoms with van der Waals surface area (Å²) in [5.41, 5.74) is 4.36. The molecule has 4 heteroatoms. The second kappa shape index (κ2) is 8.03. The molecule has 0 saturated carbocycles. The second-order valence-electron chi connectivity index (χ2n) is 6.96. The van der Waals surface area contributed by atoms with Crippen molar-refractivity contribution in [1.82, 2.24) is 4.98 Å². The van der Waals surface area contributed by atoms with Crippen LogP contribution in [0.4, 0.5) is 0 Å². The van der Waals surface area contributed by atoms with Crippen molar-refractivity contribution in [3.05, 3.63) is 96.2 Å². The number of benzene rings is 3. The van der Waals surface area contributed by atoms with Crippen LogP contribution in [0.2, 0.25) is 0 Å². The zero-order chi connectivity index (χ0) is 19.4. The molecular formula is C24H23NO2S. The molecule has 0 fully saturated rings. The molecule has 1 aromatic heterocycles. The molecule has 1 heterocycles. The first-order valence-corrected chi connectivity index (χ1v) is 11.1. The van der Waals surface area contributed by atoms with Gasteiger partial charge in [0.25, 0.3) is 0 Å². The standard InChI is InChI=1S/C12H13N.C12H10O2S/c1-3-7-11-9(5-1)10-6-2-4-8-12(10)13-11;13-15(14,11-7-3-1-4-8-11)12-9-5-2-6-10-12/h1,3,5,7,13H,2,4,6,8H2;1-10H. The van der Waals surface area contributed by atoms with Crippen LogP contribution in [0, 0.1) is 0 Å². The topological polar surface area (TPSA) is 49.9 Å². The third-order valence-electron chi connectivity index (χ3n) is 5.11. The summed E-state index contributed by atoms with van der Waals surface area (Å²) in [6.45, 7) is 0. The number of hydrogen-bond donors (Lipinski definition) is 1. The molecule has 0 saturated heterocycles. The van der Waals surface area contributed by atoms with Crippen molar-refractivity contribution in [2.45, 2.75) is 35.5 Å². The fourth-order valence-electron chi connectivity index (χ4n) is 3.69. The van der Waals surface area contributed by atoms with E-state index in [2.05, 4.69) is 29.2 Å². The van der Waals surface area contributed by atoms with E-state index in [-0.39, 0.29) is 0 Å². The van der Waals surface area contributed by atoms with E-state index >= 15 is 0 Å². The largest absolute Gasteiger partial charge is 0.358 e. The predicted octanol–water partition coefficient (Wildman–Crippen LogP) is 5.57. The summed E-state index contributed by atoms with van der Waals surface area (Å²) in [7, 11) is -3.34. The Labute approximate surface area is 166 Å². The number of para-hydroxylation sites is 1. The first-order valence-electron chi connectivity index (χ1n) is 9.60. The zero-order valence-corrected chi connectivity index (χ0v) is 16.5. The number of aromatic amines is 1. The van der Waals surface area contributed by atoms with E-state index < -0.39 is 9.84 Å². The van der Waals surface area contributed by atoms with Gasteiger partial charge >= 0.3 is 0 Å². The quantitative estimate of drug-likeness (QED) is 0.487. The van der Waals surface area contributed by atoms with Crippen molar-refractivity contribution in [2.24, 2.45) is 0 Å². The summed E-state index contributed by atoms with van der Waals surface area (Å²) in [5, 5.41) is 1.44. The molecule has 1 aliphatic rings. The van der Waals surface area contributed by atoms with Gasteiger partial charge in [-0.05, 0) is 61.6 Å². The number of fused-ring (bicyclic) bond motifs is 3. The van der Waals surface area contributed by atoms with Gasteiger partial charge < -0.3 is 4.98 Å². The van der Waals surface area contributed by atoms with Gasteiger partial charge in [-0.3, -0.25) is 0 Å². The van der Waals surface area contributed by atoms with Crippen molar-refractivity contribution >= 4 is 20.7 Å². The third-order valence-corrected chi connectivity index (χ3v) is 6.90. The number of hydrogen-bond acceptors (Lipinski definition) is 2. The number of sulfone groups is 1. The lowest BCUT2D eigenvalue weighted by atomic mass is 9.96. The maximum atomic E-state index is 12.0. The van der Waals surface area contributed by atoms with E-state index in [4.69, 9.17) is 0 Å². The Morgan fingerprint density at radius 2 is 1.18 bits per heavy atom. The molecule has 0 radical (unpaired) electrons. The highest BCUT2D eigenvalue weighted by Crippen LogP contribution is 2.28. The van der Waals surface area contributed by atoms with Crippen LogP contribution in [0.3, 0.4) is 0 Å². The van der Waals surface area contributed by atoms with Crippen molar-refractivity contribution in [2.75, 3.05) is 0 Å². The minimum absolute atomic E-state index is 0.330. The maximum absolute atomic E-state index is 12.0. The molecule has 1 aliphatic carbocycles. The van der Waals surface area contributed by atoms with Gasteiger partial charge in [0.05, 0.1) is 9.79 Å². The minimum Gasteiger partial charge on any atom is -0.358 e. The van der Waals surface area contributed by atoms with Gasteiger partial charge in [0, 0.05) is 16.6 Å². The summed E-state index contributed by atoms with van der Waals surface area (Å²) in [6, 6.07) is 25.5. The molecule has 4 aromatic rings. The predicted molar refractivity (Wildman–Crippen MR) is 113 cm³/mol. The molecule has 0 amide bonds. The van der Waals surface area contributed by atoms with E-state index in [0.29, 0.717) is 9.79 Å². The first kappa shape index (κ1) is 18.5. The average molecular weight is 390 g/mol. The van der Waals surface area contributed by atoms with Gasteiger partial charge in [0.1, 0.15) is 0 Å². The molecule has 5 rings (SSSR count). The number of aryl methyl sites for hydroxylation is 2. The number of nitrogens with one attached hydrogen (secondary N) is 1. The molecule has 0 bridgehead atoms. The highest BCUT2D eigenvalue weighted by molar-refractivity contribution is 7.91. The normalized spacial score (nSPS) is 13.4. The molecule has 1 N–H and O–H groups in total. The summed E-state index contributed by atoms with van der Waals surface area (Å²) in [4.78, 5) is 4.18. The highest BCUT2D eigenvalue weighted by Gasteiger charge is 2.16. The fraction of sp³-hybridized carbons (Fsp3) is 0.167. The van der Waals surface area contributed by atoms with Crippen LogP contribution >= 0.6 is 0 Å². The molecular weight excluding hydrogens is 366 g/mol. The SMILES string of the molecule is O=S(=O)(c1ccccc1)c1ccccc1.c1ccc2c3c([nH]c2c1)CCCC3. The Kier molecular flexibility index (Phi) is 5.31. The average Bonchev–Trinajstić information content (AvgIpc) is 3.14. The fourth-order valence-corrected chi connectivity index (χ4v) is 5.00. The Balaban J connectivity index is 0.000000138.